The number of hydrogen-bond donors (Lipinski definition) is 1. The lowest BCUT2D eigenvalue weighted by Gasteiger charge is -2.07. The fourth-order valence-electron chi connectivity index (χ4n) is 2.54. The van der Waals surface area contributed by atoms with Gasteiger partial charge in [-0.3, -0.25) is 4.99 Å². The lowest BCUT2D eigenvalue weighted by Crippen LogP contribution is -1.89. The van der Waals surface area contributed by atoms with Crippen LogP contribution in [0.1, 0.15) is 18.1 Å². The molecular weight excluding hydrogens is 338 g/mol. The van der Waals surface area contributed by atoms with Gasteiger partial charge in [-0.15, -0.1) is 0 Å². The molecule has 27 heavy (non-hydrogen) atoms. The molecule has 0 amide bonds. The summed E-state index contributed by atoms with van der Waals surface area (Å²) in [6, 6.07) is 20.8. The first-order chi connectivity index (χ1) is 13.2. The maximum Gasteiger partial charge on any atom is 0.166 e. The van der Waals surface area contributed by atoms with Gasteiger partial charge in [0.05, 0.1) is 24.2 Å². The third-order valence-corrected chi connectivity index (χ3v) is 4.02. The highest BCUT2D eigenvalue weighted by Gasteiger charge is 2.09. The molecule has 0 spiro atoms. The van der Waals surface area contributed by atoms with Crippen LogP contribution in [0.5, 0.6) is 11.5 Å². The highest BCUT2D eigenvalue weighted by Crippen LogP contribution is 2.34. The second-order valence-corrected chi connectivity index (χ2v) is 5.90. The fraction of sp³-hybridized carbons (Fsp3) is 0.136. The van der Waals surface area contributed by atoms with Crippen molar-refractivity contribution in [3.05, 3.63) is 77.9 Å². The standard InChI is InChI=1S/C22H21N3O2/c1-3-16-8-7-11-19(12-16)23-15-17-13-20(14-21(27-2)22(17)26)25-24-18-9-5-4-6-10-18/h4-15,26H,3H2,1-2H3. The normalized spacial score (nSPS) is 11.3. The van der Waals surface area contributed by atoms with Crippen LogP contribution in [0.4, 0.5) is 17.1 Å². The van der Waals surface area contributed by atoms with Crippen molar-refractivity contribution >= 4 is 23.3 Å². The summed E-state index contributed by atoms with van der Waals surface area (Å²) in [7, 11) is 1.50. The molecule has 3 rings (SSSR count). The van der Waals surface area contributed by atoms with Crippen LogP contribution in [0.15, 0.2) is 82.0 Å². The number of aromatic hydroxyl groups is 1. The van der Waals surface area contributed by atoms with Crippen molar-refractivity contribution in [2.45, 2.75) is 13.3 Å². The summed E-state index contributed by atoms with van der Waals surface area (Å²) in [6.45, 7) is 2.10. The van der Waals surface area contributed by atoms with E-state index < -0.39 is 0 Å². The Morgan fingerprint density at radius 2 is 1.63 bits per heavy atom. The number of nitrogens with zero attached hydrogens (tertiary/aromatic N) is 3. The summed E-state index contributed by atoms with van der Waals surface area (Å²) < 4.78 is 5.25. The molecule has 0 aliphatic carbocycles. The third kappa shape index (κ3) is 4.79. The summed E-state index contributed by atoms with van der Waals surface area (Å²) in [6.07, 6.45) is 2.55. The molecule has 0 saturated heterocycles. The lowest BCUT2D eigenvalue weighted by atomic mass is 10.1. The molecule has 1 N–H and O–H groups in total. The Balaban J connectivity index is 1.92. The zero-order valence-electron chi connectivity index (χ0n) is 15.3. The van der Waals surface area contributed by atoms with Gasteiger partial charge in [0.1, 0.15) is 0 Å². The van der Waals surface area contributed by atoms with Gasteiger partial charge in [-0.1, -0.05) is 37.3 Å². The summed E-state index contributed by atoms with van der Waals surface area (Å²) in [4.78, 5) is 4.47. The number of ether oxygens (including phenoxy) is 1. The van der Waals surface area contributed by atoms with E-state index >= 15 is 0 Å². The zero-order valence-corrected chi connectivity index (χ0v) is 15.3. The summed E-state index contributed by atoms with van der Waals surface area (Å²) in [5, 5.41) is 18.8. The first kappa shape index (κ1) is 18.3. The quantitative estimate of drug-likeness (QED) is 0.425. The van der Waals surface area contributed by atoms with Gasteiger partial charge in [0, 0.05) is 17.8 Å². The fourth-order valence-corrected chi connectivity index (χ4v) is 2.54. The molecule has 0 atom stereocenters. The van der Waals surface area contributed by atoms with Gasteiger partial charge in [0.25, 0.3) is 0 Å². The molecule has 5 heteroatoms. The molecule has 0 fully saturated rings. The minimum atomic E-state index is 0.0200. The van der Waals surface area contributed by atoms with Gasteiger partial charge < -0.3 is 9.84 Å². The number of azo groups is 1. The maximum absolute atomic E-state index is 10.4. The van der Waals surface area contributed by atoms with E-state index in [1.807, 2.05) is 48.5 Å². The first-order valence-electron chi connectivity index (χ1n) is 8.70. The van der Waals surface area contributed by atoms with Crippen LogP contribution in [0.3, 0.4) is 0 Å². The van der Waals surface area contributed by atoms with Crippen molar-refractivity contribution in [1.82, 2.24) is 0 Å². The molecule has 0 aliphatic heterocycles. The van der Waals surface area contributed by atoms with Crippen LogP contribution in [-0.2, 0) is 6.42 Å². The van der Waals surface area contributed by atoms with E-state index in [0.717, 1.165) is 17.8 Å². The van der Waals surface area contributed by atoms with E-state index in [0.29, 0.717) is 17.0 Å². The van der Waals surface area contributed by atoms with Crippen LogP contribution in [0, 0.1) is 0 Å². The maximum atomic E-state index is 10.4. The van der Waals surface area contributed by atoms with Gasteiger partial charge in [-0.25, -0.2) is 0 Å². The van der Waals surface area contributed by atoms with Crippen molar-refractivity contribution in [3.63, 3.8) is 0 Å². The Hall–Kier alpha value is -3.47. The van der Waals surface area contributed by atoms with E-state index in [1.165, 1.54) is 12.7 Å². The van der Waals surface area contributed by atoms with Crippen LogP contribution in [0.25, 0.3) is 0 Å². The third-order valence-electron chi connectivity index (χ3n) is 4.02. The number of rotatable bonds is 6. The number of aryl methyl sites for hydroxylation is 1. The van der Waals surface area contributed by atoms with Crippen LogP contribution >= 0.6 is 0 Å². The average molecular weight is 359 g/mol. The van der Waals surface area contributed by atoms with E-state index in [4.69, 9.17) is 4.74 Å². The monoisotopic (exact) mass is 359 g/mol. The highest BCUT2D eigenvalue weighted by molar-refractivity contribution is 5.88. The second kappa shape index (κ2) is 8.76. The molecule has 3 aromatic carbocycles. The van der Waals surface area contributed by atoms with Gasteiger partial charge in [0.2, 0.25) is 0 Å². The number of hydrogen-bond acceptors (Lipinski definition) is 5. The van der Waals surface area contributed by atoms with Gasteiger partial charge in [-0.05, 0) is 42.3 Å². The van der Waals surface area contributed by atoms with Crippen molar-refractivity contribution in [2.75, 3.05) is 7.11 Å². The molecule has 136 valence electrons. The Kier molecular flexibility index (Phi) is 5.94. The largest absolute Gasteiger partial charge is 0.504 e. The summed E-state index contributed by atoms with van der Waals surface area (Å²) in [5.41, 5.74) is 3.85. The van der Waals surface area contributed by atoms with E-state index in [2.05, 4.69) is 28.2 Å². The Morgan fingerprint density at radius 3 is 2.37 bits per heavy atom. The minimum absolute atomic E-state index is 0.0200. The first-order valence-corrected chi connectivity index (χ1v) is 8.70. The summed E-state index contributed by atoms with van der Waals surface area (Å²) >= 11 is 0. The highest BCUT2D eigenvalue weighted by atomic mass is 16.5. The molecule has 0 saturated carbocycles. The molecule has 0 bridgehead atoms. The minimum Gasteiger partial charge on any atom is -0.504 e. The smallest absolute Gasteiger partial charge is 0.166 e. The van der Waals surface area contributed by atoms with Crippen molar-refractivity contribution in [3.8, 4) is 11.5 Å². The number of phenolic OH excluding ortho intramolecular Hbond substituents is 1. The molecule has 0 aromatic heterocycles. The average Bonchev–Trinajstić information content (AvgIpc) is 2.73. The van der Waals surface area contributed by atoms with Crippen molar-refractivity contribution in [2.24, 2.45) is 15.2 Å². The number of benzene rings is 3. The predicted molar refractivity (Wildman–Crippen MR) is 108 cm³/mol. The SMILES string of the molecule is CCc1cccc(N=Cc2cc(N=Nc3ccccc3)cc(OC)c2O)c1. The molecule has 3 aromatic rings. The predicted octanol–water partition coefficient (Wildman–Crippen LogP) is 6.13. The molecule has 0 aliphatic rings. The zero-order chi connectivity index (χ0) is 19.1. The van der Waals surface area contributed by atoms with Crippen LogP contribution in [-0.4, -0.2) is 18.4 Å². The summed E-state index contributed by atoms with van der Waals surface area (Å²) in [5.74, 6) is 0.342. The van der Waals surface area contributed by atoms with E-state index in [9.17, 15) is 5.11 Å². The molecule has 0 radical (unpaired) electrons. The van der Waals surface area contributed by atoms with Gasteiger partial charge >= 0.3 is 0 Å². The van der Waals surface area contributed by atoms with Crippen molar-refractivity contribution in [1.29, 1.82) is 0 Å². The Morgan fingerprint density at radius 1 is 0.889 bits per heavy atom. The molecule has 0 unspecified atom stereocenters. The van der Waals surface area contributed by atoms with Crippen LogP contribution in [0.2, 0.25) is 0 Å². The lowest BCUT2D eigenvalue weighted by molar-refractivity contribution is 0.373. The van der Waals surface area contributed by atoms with Gasteiger partial charge in [-0.2, -0.15) is 10.2 Å². The number of methoxy groups -OCH3 is 1. The van der Waals surface area contributed by atoms with E-state index in [1.54, 1.807) is 18.3 Å². The topological polar surface area (TPSA) is 66.5 Å². The van der Waals surface area contributed by atoms with Crippen molar-refractivity contribution < 1.29 is 9.84 Å². The Bertz CT molecular complexity index is 967. The number of aliphatic imine (C=N–C) groups is 1. The Labute approximate surface area is 158 Å². The van der Waals surface area contributed by atoms with Gasteiger partial charge in [0.15, 0.2) is 11.5 Å². The molecule has 5 nitrogen and oxygen atoms in total. The second-order valence-electron chi connectivity index (χ2n) is 5.90. The molecule has 0 heterocycles. The number of phenols is 1. The van der Waals surface area contributed by atoms with Crippen LogP contribution < -0.4 is 4.74 Å². The molecular formula is C22H21N3O2. The van der Waals surface area contributed by atoms with E-state index in [-0.39, 0.29) is 5.75 Å².